The van der Waals surface area contributed by atoms with E-state index < -0.39 is 11.5 Å². The van der Waals surface area contributed by atoms with Crippen molar-refractivity contribution in [2.75, 3.05) is 25.2 Å². The van der Waals surface area contributed by atoms with Gasteiger partial charge in [0.25, 0.3) is 5.91 Å². The minimum Gasteiger partial charge on any atom is -0.497 e. The van der Waals surface area contributed by atoms with E-state index in [1.165, 1.54) is 6.42 Å². The molecule has 4 rings (SSSR count). The van der Waals surface area contributed by atoms with Crippen molar-refractivity contribution in [3.63, 3.8) is 0 Å². The van der Waals surface area contributed by atoms with Gasteiger partial charge in [-0.2, -0.15) is 0 Å². The summed E-state index contributed by atoms with van der Waals surface area (Å²) in [5.41, 5.74) is -0.225. The van der Waals surface area contributed by atoms with Crippen LogP contribution in [0.15, 0.2) is 48.5 Å². The summed E-state index contributed by atoms with van der Waals surface area (Å²) in [5.74, 6) is -0.0609. The minimum atomic E-state index is -1.85. The van der Waals surface area contributed by atoms with Gasteiger partial charge in [0.15, 0.2) is 11.4 Å². The SMILES string of the molecule is COc1ccc(C(=O)CC2(O)C(=O)N(CN3CCCCC3C)c3ccccc32)cc1. The smallest absolute Gasteiger partial charge is 0.265 e. The number of rotatable bonds is 6. The van der Waals surface area contributed by atoms with E-state index in [0.717, 1.165) is 19.4 Å². The third kappa shape index (κ3) is 3.61. The maximum absolute atomic E-state index is 13.4. The molecule has 6 heteroatoms. The van der Waals surface area contributed by atoms with Crippen LogP contribution in [0.4, 0.5) is 5.69 Å². The molecule has 2 heterocycles. The Morgan fingerprint density at radius 1 is 1.17 bits per heavy atom. The van der Waals surface area contributed by atoms with Gasteiger partial charge < -0.3 is 9.84 Å². The van der Waals surface area contributed by atoms with Gasteiger partial charge in [-0.25, -0.2) is 0 Å². The summed E-state index contributed by atoms with van der Waals surface area (Å²) in [6.45, 7) is 3.53. The second kappa shape index (κ2) is 8.20. The standard InChI is InChI=1S/C24H28N2O4/c1-17-7-5-6-14-25(17)16-26-21-9-4-3-8-20(21)24(29,23(26)28)15-22(27)18-10-12-19(30-2)13-11-18/h3-4,8-13,17,29H,5-7,14-16H2,1-2H3. The predicted molar refractivity (Wildman–Crippen MR) is 115 cm³/mol. The van der Waals surface area contributed by atoms with Crippen molar-refractivity contribution in [3.05, 3.63) is 59.7 Å². The number of piperidine rings is 1. The van der Waals surface area contributed by atoms with Crippen LogP contribution in [-0.4, -0.2) is 48.1 Å². The molecular formula is C24H28N2O4. The lowest BCUT2D eigenvalue weighted by Crippen LogP contribution is -2.49. The van der Waals surface area contributed by atoms with E-state index in [2.05, 4.69) is 11.8 Å². The third-order valence-corrected chi connectivity index (χ3v) is 6.33. The molecule has 2 aliphatic heterocycles. The number of aliphatic hydroxyl groups is 1. The number of nitrogens with zero attached hydrogens (tertiary/aromatic N) is 2. The summed E-state index contributed by atoms with van der Waals surface area (Å²) in [5, 5.41) is 11.5. The Morgan fingerprint density at radius 2 is 1.90 bits per heavy atom. The van der Waals surface area contributed by atoms with Crippen LogP contribution in [0.25, 0.3) is 0 Å². The van der Waals surface area contributed by atoms with E-state index in [-0.39, 0.29) is 12.2 Å². The number of benzene rings is 2. The first-order valence-electron chi connectivity index (χ1n) is 10.5. The maximum atomic E-state index is 13.4. The van der Waals surface area contributed by atoms with Gasteiger partial charge in [-0.3, -0.25) is 19.4 Å². The normalized spacial score (nSPS) is 24.0. The Hall–Kier alpha value is -2.70. The zero-order valence-corrected chi connectivity index (χ0v) is 17.5. The molecule has 2 aromatic carbocycles. The van der Waals surface area contributed by atoms with Crippen LogP contribution in [-0.2, 0) is 10.4 Å². The van der Waals surface area contributed by atoms with Crippen LogP contribution in [0, 0.1) is 0 Å². The number of ether oxygens (including phenoxy) is 1. The zero-order chi connectivity index (χ0) is 21.3. The van der Waals surface area contributed by atoms with Crippen molar-refractivity contribution in [3.8, 4) is 5.75 Å². The Balaban J connectivity index is 1.60. The highest BCUT2D eigenvalue weighted by Gasteiger charge is 2.51. The number of hydrogen-bond acceptors (Lipinski definition) is 5. The highest BCUT2D eigenvalue weighted by molar-refractivity contribution is 6.10. The first-order chi connectivity index (χ1) is 14.4. The van der Waals surface area contributed by atoms with E-state index >= 15 is 0 Å². The molecule has 0 bridgehead atoms. The van der Waals surface area contributed by atoms with Gasteiger partial charge in [-0.1, -0.05) is 24.6 Å². The molecule has 0 spiro atoms. The summed E-state index contributed by atoms with van der Waals surface area (Å²) < 4.78 is 5.13. The minimum absolute atomic E-state index is 0.281. The number of ketones is 1. The molecule has 30 heavy (non-hydrogen) atoms. The summed E-state index contributed by atoms with van der Waals surface area (Å²) in [7, 11) is 1.56. The van der Waals surface area contributed by atoms with Crippen molar-refractivity contribution in [2.45, 2.75) is 44.2 Å². The van der Waals surface area contributed by atoms with Gasteiger partial charge in [0.2, 0.25) is 0 Å². The fraction of sp³-hybridized carbons (Fsp3) is 0.417. The topological polar surface area (TPSA) is 70.1 Å². The number of likely N-dealkylation sites (tertiary alicyclic amines) is 1. The number of para-hydroxylation sites is 1. The fourth-order valence-corrected chi connectivity index (χ4v) is 4.48. The van der Waals surface area contributed by atoms with E-state index in [1.54, 1.807) is 48.4 Å². The van der Waals surface area contributed by atoms with Gasteiger partial charge in [-0.15, -0.1) is 0 Å². The molecular weight excluding hydrogens is 380 g/mol. The van der Waals surface area contributed by atoms with Gasteiger partial charge in [0, 0.05) is 23.7 Å². The number of carbonyl (C=O) groups excluding carboxylic acids is 2. The molecule has 2 aliphatic rings. The molecule has 1 fully saturated rings. The highest BCUT2D eigenvalue weighted by Crippen LogP contribution is 2.43. The number of fused-ring (bicyclic) bond motifs is 1. The summed E-state index contributed by atoms with van der Waals surface area (Å²) in [4.78, 5) is 30.2. The quantitative estimate of drug-likeness (QED) is 0.743. The van der Waals surface area contributed by atoms with Crippen LogP contribution >= 0.6 is 0 Å². The Bertz CT molecular complexity index is 942. The van der Waals surface area contributed by atoms with Gasteiger partial charge >= 0.3 is 0 Å². The molecule has 0 saturated carbocycles. The zero-order valence-electron chi connectivity index (χ0n) is 17.5. The number of methoxy groups -OCH3 is 1. The lowest BCUT2D eigenvalue weighted by atomic mass is 9.88. The molecule has 6 nitrogen and oxygen atoms in total. The van der Waals surface area contributed by atoms with Crippen molar-refractivity contribution in [2.24, 2.45) is 0 Å². The van der Waals surface area contributed by atoms with Crippen LogP contribution in [0.2, 0.25) is 0 Å². The molecule has 1 amide bonds. The second-order valence-corrected chi connectivity index (χ2v) is 8.24. The van der Waals surface area contributed by atoms with Crippen molar-refractivity contribution >= 4 is 17.4 Å². The van der Waals surface area contributed by atoms with Gasteiger partial charge in [0.05, 0.1) is 25.9 Å². The average molecular weight is 408 g/mol. The van der Waals surface area contributed by atoms with Crippen molar-refractivity contribution < 1.29 is 19.4 Å². The number of anilines is 1. The number of Topliss-reactive ketones (excluding diaryl/α,β-unsaturated/α-hetero) is 1. The van der Waals surface area contributed by atoms with Crippen LogP contribution in [0.5, 0.6) is 5.75 Å². The molecule has 2 unspecified atom stereocenters. The van der Waals surface area contributed by atoms with Crippen molar-refractivity contribution in [1.82, 2.24) is 4.90 Å². The predicted octanol–water partition coefficient (Wildman–Crippen LogP) is 3.33. The molecule has 158 valence electrons. The van der Waals surface area contributed by atoms with Crippen molar-refractivity contribution in [1.29, 1.82) is 0 Å². The number of amides is 1. The van der Waals surface area contributed by atoms with Gasteiger partial charge in [0.1, 0.15) is 5.75 Å². The van der Waals surface area contributed by atoms with Crippen LogP contribution in [0.3, 0.4) is 0 Å². The summed E-state index contributed by atoms with van der Waals surface area (Å²) in [6.07, 6.45) is 3.11. The van der Waals surface area contributed by atoms with E-state index in [0.29, 0.717) is 35.3 Å². The lowest BCUT2D eigenvalue weighted by molar-refractivity contribution is -0.136. The number of carbonyl (C=O) groups is 2. The Morgan fingerprint density at radius 3 is 2.60 bits per heavy atom. The largest absolute Gasteiger partial charge is 0.497 e. The third-order valence-electron chi connectivity index (χ3n) is 6.33. The van der Waals surface area contributed by atoms with Crippen LogP contribution in [0.1, 0.15) is 48.5 Å². The molecule has 0 aromatic heterocycles. The van der Waals surface area contributed by atoms with Gasteiger partial charge in [-0.05, 0) is 50.1 Å². The van der Waals surface area contributed by atoms with Crippen LogP contribution < -0.4 is 9.64 Å². The first kappa shape index (κ1) is 20.6. The molecule has 2 aromatic rings. The lowest BCUT2D eigenvalue weighted by Gasteiger charge is -2.36. The summed E-state index contributed by atoms with van der Waals surface area (Å²) >= 11 is 0. The average Bonchev–Trinajstić information content (AvgIpc) is 2.97. The maximum Gasteiger partial charge on any atom is 0.265 e. The summed E-state index contributed by atoms with van der Waals surface area (Å²) in [6, 6.07) is 14.3. The molecule has 1 saturated heterocycles. The monoisotopic (exact) mass is 408 g/mol. The van der Waals surface area contributed by atoms with E-state index in [1.807, 2.05) is 12.1 Å². The molecule has 0 radical (unpaired) electrons. The highest BCUT2D eigenvalue weighted by atomic mass is 16.5. The van der Waals surface area contributed by atoms with E-state index in [4.69, 9.17) is 4.74 Å². The molecule has 0 aliphatic carbocycles. The second-order valence-electron chi connectivity index (χ2n) is 8.24. The molecule has 1 N–H and O–H groups in total. The fourth-order valence-electron chi connectivity index (χ4n) is 4.48. The number of hydrogen-bond donors (Lipinski definition) is 1. The Labute approximate surface area is 177 Å². The Kier molecular flexibility index (Phi) is 5.62. The first-order valence-corrected chi connectivity index (χ1v) is 10.5. The molecule has 2 atom stereocenters. The van der Waals surface area contributed by atoms with E-state index in [9.17, 15) is 14.7 Å².